The van der Waals surface area contributed by atoms with E-state index in [0.717, 1.165) is 31.2 Å². The van der Waals surface area contributed by atoms with Gasteiger partial charge >= 0.3 is 0 Å². The zero-order valence-corrected chi connectivity index (χ0v) is 15.0. The first kappa shape index (κ1) is 16.7. The zero-order chi connectivity index (χ0) is 17.4. The maximum Gasteiger partial charge on any atom is 0.241 e. The first-order valence-corrected chi connectivity index (χ1v) is 10.7. The standard InChI is InChI=1S/C18H23NO5S/c20-18(17-6-3-9-25(17,21)22)19(14-4-1-2-5-14)11-13-7-8-15-16(10-13)24-12-23-15/h7-8,10,14,17H,1-6,9,11-12H2. The summed E-state index contributed by atoms with van der Waals surface area (Å²) in [4.78, 5) is 14.9. The first-order chi connectivity index (χ1) is 12.0. The molecule has 7 heteroatoms. The Hall–Kier alpha value is -1.76. The largest absolute Gasteiger partial charge is 0.454 e. The van der Waals surface area contributed by atoms with Crippen molar-refractivity contribution in [3.63, 3.8) is 0 Å². The van der Waals surface area contributed by atoms with Gasteiger partial charge in [0.05, 0.1) is 5.75 Å². The SMILES string of the molecule is O=C(C1CCCS1(=O)=O)N(Cc1ccc2c(c1)OCO2)C1CCCC1. The van der Waals surface area contributed by atoms with Crippen molar-refractivity contribution >= 4 is 15.7 Å². The second-order valence-corrected chi connectivity index (χ2v) is 9.39. The van der Waals surface area contributed by atoms with Crippen LogP contribution in [-0.2, 0) is 21.2 Å². The molecular weight excluding hydrogens is 342 g/mol. The number of fused-ring (bicyclic) bond motifs is 1. The van der Waals surface area contributed by atoms with Gasteiger partial charge in [0.25, 0.3) is 0 Å². The molecule has 1 saturated heterocycles. The lowest BCUT2D eigenvalue weighted by molar-refractivity contribution is -0.133. The molecule has 0 spiro atoms. The van der Waals surface area contributed by atoms with Crippen molar-refractivity contribution in [3.8, 4) is 11.5 Å². The fourth-order valence-corrected chi connectivity index (χ4v) is 5.91. The van der Waals surface area contributed by atoms with E-state index in [-0.39, 0.29) is 24.5 Å². The Morgan fingerprint density at radius 2 is 1.84 bits per heavy atom. The highest BCUT2D eigenvalue weighted by atomic mass is 32.2. The van der Waals surface area contributed by atoms with Crippen LogP contribution in [0.2, 0.25) is 0 Å². The Balaban J connectivity index is 1.59. The summed E-state index contributed by atoms with van der Waals surface area (Å²) in [5, 5.41) is -0.859. The number of ether oxygens (including phenoxy) is 2. The summed E-state index contributed by atoms with van der Waals surface area (Å²) < 4.78 is 35.2. The number of hydrogen-bond donors (Lipinski definition) is 0. The molecule has 2 aliphatic heterocycles. The number of carbonyl (C=O) groups is 1. The van der Waals surface area contributed by atoms with Crippen LogP contribution in [0.3, 0.4) is 0 Å². The molecule has 0 radical (unpaired) electrons. The highest BCUT2D eigenvalue weighted by Crippen LogP contribution is 2.34. The van der Waals surface area contributed by atoms with Gasteiger partial charge in [-0.25, -0.2) is 8.42 Å². The van der Waals surface area contributed by atoms with Crippen molar-refractivity contribution in [1.29, 1.82) is 0 Å². The van der Waals surface area contributed by atoms with Crippen molar-refractivity contribution in [3.05, 3.63) is 23.8 Å². The Morgan fingerprint density at radius 3 is 2.56 bits per heavy atom. The molecule has 0 bridgehead atoms. The molecule has 1 amide bonds. The third kappa shape index (κ3) is 3.21. The second kappa shape index (κ2) is 6.52. The Kier molecular flexibility index (Phi) is 4.35. The summed E-state index contributed by atoms with van der Waals surface area (Å²) in [5.41, 5.74) is 0.944. The number of benzene rings is 1. The molecular formula is C18H23NO5S. The average Bonchev–Trinajstić information content (AvgIpc) is 3.31. The number of rotatable bonds is 4. The second-order valence-electron chi connectivity index (χ2n) is 7.09. The van der Waals surface area contributed by atoms with Crippen LogP contribution in [0.4, 0.5) is 0 Å². The van der Waals surface area contributed by atoms with E-state index in [9.17, 15) is 13.2 Å². The molecule has 2 heterocycles. The summed E-state index contributed by atoms with van der Waals surface area (Å²) in [6, 6.07) is 5.79. The Bertz CT molecular complexity index is 770. The van der Waals surface area contributed by atoms with E-state index in [1.54, 1.807) is 4.90 Å². The molecule has 0 aromatic heterocycles. The number of amides is 1. The van der Waals surface area contributed by atoms with Crippen LogP contribution in [0.5, 0.6) is 11.5 Å². The van der Waals surface area contributed by atoms with E-state index in [0.29, 0.717) is 30.9 Å². The predicted molar refractivity (Wildman–Crippen MR) is 92.2 cm³/mol. The molecule has 0 N–H and O–H groups in total. The smallest absolute Gasteiger partial charge is 0.241 e. The fraction of sp³-hybridized carbons (Fsp3) is 0.611. The van der Waals surface area contributed by atoms with Gasteiger partial charge in [-0.15, -0.1) is 0 Å². The number of hydrogen-bond acceptors (Lipinski definition) is 5. The summed E-state index contributed by atoms with van der Waals surface area (Å²) in [7, 11) is -3.30. The molecule has 25 heavy (non-hydrogen) atoms. The third-order valence-electron chi connectivity index (χ3n) is 5.44. The molecule has 1 saturated carbocycles. The van der Waals surface area contributed by atoms with Gasteiger partial charge in [0.15, 0.2) is 21.3 Å². The molecule has 1 atom stereocenters. The lowest BCUT2D eigenvalue weighted by atomic mass is 10.1. The van der Waals surface area contributed by atoms with E-state index in [1.807, 2.05) is 18.2 Å². The van der Waals surface area contributed by atoms with E-state index in [1.165, 1.54) is 0 Å². The topological polar surface area (TPSA) is 72.9 Å². The Labute approximate surface area is 148 Å². The van der Waals surface area contributed by atoms with E-state index >= 15 is 0 Å². The molecule has 136 valence electrons. The number of sulfone groups is 1. The van der Waals surface area contributed by atoms with Gasteiger partial charge in [-0.2, -0.15) is 0 Å². The number of carbonyl (C=O) groups excluding carboxylic acids is 1. The maximum atomic E-state index is 13.1. The van der Waals surface area contributed by atoms with Gasteiger partial charge in [0, 0.05) is 12.6 Å². The molecule has 4 rings (SSSR count). The van der Waals surface area contributed by atoms with E-state index in [4.69, 9.17) is 9.47 Å². The molecule has 6 nitrogen and oxygen atoms in total. The summed E-state index contributed by atoms with van der Waals surface area (Å²) in [5.74, 6) is 1.30. The molecule has 2 fully saturated rings. The van der Waals surface area contributed by atoms with Gasteiger partial charge in [-0.3, -0.25) is 4.79 Å². The summed E-state index contributed by atoms with van der Waals surface area (Å²) >= 11 is 0. The minimum absolute atomic E-state index is 0.131. The van der Waals surface area contributed by atoms with Gasteiger partial charge in [0.2, 0.25) is 12.7 Å². The summed E-state index contributed by atoms with van der Waals surface area (Å²) in [6.07, 6.45) is 5.11. The molecule has 1 aromatic carbocycles. The van der Waals surface area contributed by atoms with Crippen LogP contribution < -0.4 is 9.47 Å². The van der Waals surface area contributed by atoms with E-state index in [2.05, 4.69) is 0 Å². The monoisotopic (exact) mass is 365 g/mol. The zero-order valence-electron chi connectivity index (χ0n) is 14.1. The first-order valence-electron chi connectivity index (χ1n) is 8.95. The molecule has 1 aromatic rings. The van der Waals surface area contributed by atoms with Crippen LogP contribution >= 0.6 is 0 Å². The third-order valence-corrected chi connectivity index (χ3v) is 7.60. The van der Waals surface area contributed by atoms with Crippen LogP contribution in [0, 0.1) is 0 Å². The quantitative estimate of drug-likeness (QED) is 0.818. The minimum Gasteiger partial charge on any atom is -0.454 e. The van der Waals surface area contributed by atoms with Crippen molar-refractivity contribution in [2.75, 3.05) is 12.5 Å². The summed E-state index contributed by atoms with van der Waals surface area (Å²) in [6.45, 7) is 0.635. The van der Waals surface area contributed by atoms with Gasteiger partial charge in [0.1, 0.15) is 5.25 Å². The van der Waals surface area contributed by atoms with Crippen molar-refractivity contribution < 1.29 is 22.7 Å². The molecule has 3 aliphatic rings. The van der Waals surface area contributed by atoms with Crippen molar-refractivity contribution in [2.24, 2.45) is 0 Å². The van der Waals surface area contributed by atoms with Crippen molar-refractivity contribution in [1.82, 2.24) is 4.90 Å². The molecule has 1 unspecified atom stereocenters. The normalized spacial score (nSPS) is 24.6. The Morgan fingerprint density at radius 1 is 1.08 bits per heavy atom. The molecule has 1 aliphatic carbocycles. The lowest BCUT2D eigenvalue weighted by Gasteiger charge is -2.31. The van der Waals surface area contributed by atoms with Crippen LogP contribution in [-0.4, -0.2) is 43.1 Å². The number of nitrogens with zero attached hydrogens (tertiary/aromatic N) is 1. The highest BCUT2D eigenvalue weighted by Gasteiger charge is 2.41. The van der Waals surface area contributed by atoms with Crippen molar-refractivity contribution in [2.45, 2.75) is 56.4 Å². The minimum atomic E-state index is -3.30. The van der Waals surface area contributed by atoms with Crippen LogP contribution in [0.15, 0.2) is 18.2 Å². The fourth-order valence-electron chi connectivity index (χ4n) is 4.09. The van der Waals surface area contributed by atoms with Gasteiger partial charge in [-0.05, 0) is 43.4 Å². The average molecular weight is 365 g/mol. The van der Waals surface area contributed by atoms with E-state index < -0.39 is 15.1 Å². The maximum absolute atomic E-state index is 13.1. The van der Waals surface area contributed by atoms with Crippen LogP contribution in [0.25, 0.3) is 0 Å². The van der Waals surface area contributed by atoms with Crippen LogP contribution in [0.1, 0.15) is 44.1 Å². The predicted octanol–water partition coefficient (Wildman–Crippen LogP) is 2.26. The highest BCUT2D eigenvalue weighted by molar-refractivity contribution is 7.93. The lowest BCUT2D eigenvalue weighted by Crippen LogP contribution is -2.45. The van der Waals surface area contributed by atoms with Gasteiger partial charge in [-0.1, -0.05) is 18.9 Å². The van der Waals surface area contributed by atoms with Gasteiger partial charge < -0.3 is 14.4 Å².